The maximum absolute atomic E-state index is 13.2. The average Bonchev–Trinajstić information content (AvgIpc) is 3.34. The fraction of sp³-hybridized carbons (Fsp3) is 0.640. The summed E-state index contributed by atoms with van der Waals surface area (Å²) in [6, 6.07) is 1.82. The first-order valence-electron chi connectivity index (χ1n) is 12.6. The number of amidine groups is 1. The molecule has 190 valence electrons. The van der Waals surface area contributed by atoms with Gasteiger partial charge in [0.1, 0.15) is 11.4 Å². The number of aryl methyl sites for hydroxylation is 2. The number of benzene rings is 1. The van der Waals surface area contributed by atoms with Gasteiger partial charge in [0.05, 0.1) is 11.3 Å². The van der Waals surface area contributed by atoms with Gasteiger partial charge in [-0.25, -0.2) is 17.5 Å². The Bertz CT molecular complexity index is 1340. The molecule has 10 heteroatoms. The van der Waals surface area contributed by atoms with Crippen LogP contribution in [-0.4, -0.2) is 53.8 Å². The minimum absolute atomic E-state index is 0.0389. The molecule has 1 spiro atoms. The van der Waals surface area contributed by atoms with Crippen molar-refractivity contribution in [2.24, 2.45) is 16.8 Å². The van der Waals surface area contributed by atoms with Gasteiger partial charge in [0.25, 0.3) is 5.91 Å². The van der Waals surface area contributed by atoms with Crippen LogP contribution in [0.3, 0.4) is 0 Å². The lowest BCUT2D eigenvalue weighted by atomic mass is 9.82. The lowest BCUT2D eigenvalue weighted by Crippen LogP contribution is -2.51. The summed E-state index contributed by atoms with van der Waals surface area (Å²) in [6.07, 6.45) is 5.55. The van der Waals surface area contributed by atoms with E-state index in [0.717, 1.165) is 54.1 Å². The Morgan fingerprint density at radius 1 is 1.14 bits per heavy atom. The number of piperidine rings is 1. The van der Waals surface area contributed by atoms with E-state index in [4.69, 9.17) is 9.41 Å². The maximum Gasteiger partial charge on any atom is 0.417 e. The summed E-state index contributed by atoms with van der Waals surface area (Å²) >= 11 is 0. The molecule has 35 heavy (non-hydrogen) atoms. The summed E-state index contributed by atoms with van der Waals surface area (Å²) in [5, 5.41) is 3.04. The van der Waals surface area contributed by atoms with Gasteiger partial charge in [-0.15, -0.1) is 0 Å². The second kappa shape index (κ2) is 8.89. The van der Waals surface area contributed by atoms with Gasteiger partial charge in [0.15, 0.2) is 5.58 Å². The zero-order valence-corrected chi connectivity index (χ0v) is 21.5. The monoisotopic (exact) mass is 502 g/mol. The molecule has 0 bridgehead atoms. The minimum Gasteiger partial charge on any atom is -0.408 e. The quantitative estimate of drug-likeness (QED) is 0.650. The summed E-state index contributed by atoms with van der Waals surface area (Å²) in [7, 11) is -3.51. The Morgan fingerprint density at radius 2 is 1.83 bits per heavy atom. The van der Waals surface area contributed by atoms with E-state index >= 15 is 0 Å². The van der Waals surface area contributed by atoms with Crippen LogP contribution in [0, 0.1) is 25.7 Å². The van der Waals surface area contributed by atoms with Gasteiger partial charge in [-0.1, -0.05) is 19.8 Å². The van der Waals surface area contributed by atoms with E-state index in [1.54, 1.807) is 0 Å². The van der Waals surface area contributed by atoms with Gasteiger partial charge in [-0.3, -0.25) is 14.8 Å². The van der Waals surface area contributed by atoms with E-state index in [1.807, 2.05) is 19.9 Å². The predicted octanol–water partition coefficient (Wildman–Crippen LogP) is 2.80. The van der Waals surface area contributed by atoms with Crippen molar-refractivity contribution < 1.29 is 17.6 Å². The van der Waals surface area contributed by atoms with Crippen molar-refractivity contribution in [3.8, 4) is 0 Å². The van der Waals surface area contributed by atoms with E-state index in [9.17, 15) is 18.0 Å². The molecule has 1 aliphatic carbocycles. The molecule has 0 atom stereocenters. The van der Waals surface area contributed by atoms with Crippen LogP contribution in [0.1, 0.15) is 62.1 Å². The molecule has 1 aromatic carbocycles. The SMILES string of the molecule is Cc1cc2[nH]c(=O)oc2c(C)c1CCS(=O)(=O)N1CCC2(CC1)N=C(C1CCC(C)CC1)NC2=O. The third-order valence-electron chi connectivity index (χ3n) is 8.26. The van der Waals surface area contributed by atoms with Gasteiger partial charge in [-0.05, 0) is 74.6 Å². The number of aromatic nitrogens is 1. The standard InChI is InChI=1S/C25H34N4O5S/c1-15-4-6-18(7-5-15)22-27-23(30)25(28-22)9-11-29(12-10-25)35(32,33)13-8-19-16(2)14-20-21(17(19)3)34-24(31)26-20/h14-15,18H,4-13H2,1-3H3,(H,26,31)(H,27,28,30). The number of nitrogens with zero attached hydrogens (tertiary/aromatic N) is 2. The molecule has 3 aliphatic rings. The van der Waals surface area contributed by atoms with Crippen LogP contribution in [0.5, 0.6) is 0 Å². The highest BCUT2D eigenvalue weighted by atomic mass is 32.2. The maximum atomic E-state index is 13.2. The van der Waals surface area contributed by atoms with E-state index in [0.29, 0.717) is 36.3 Å². The topological polar surface area (TPSA) is 125 Å². The van der Waals surface area contributed by atoms with Crippen molar-refractivity contribution >= 4 is 32.9 Å². The Hall–Kier alpha value is -2.46. The van der Waals surface area contributed by atoms with Crippen LogP contribution in [0.2, 0.25) is 0 Å². The molecule has 5 rings (SSSR count). The zero-order valence-electron chi connectivity index (χ0n) is 20.6. The summed E-state index contributed by atoms with van der Waals surface area (Å²) < 4.78 is 33.1. The van der Waals surface area contributed by atoms with Crippen LogP contribution >= 0.6 is 0 Å². The molecule has 2 aromatic rings. The number of H-pyrrole nitrogens is 1. The number of nitrogens with one attached hydrogen (secondary N) is 2. The Morgan fingerprint density at radius 3 is 2.51 bits per heavy atom. The smallest absolute Gasteiger partial charge is 0.408 e. The van der Waals surface area contributed by atoms with Crippen molar-refractivity contribution in [2.75, 3.05) is 18.8 Å². The number of sulfonamides is 1. The number of carbonyl (C=O) groups excluding carboxylic acids is 1. The predicted molar refractivity (Wildman–Crippen MR) is 134 cm³/mol. The van der Waals surface area contributed by atoms with Crippen LogP contribution in [0.4, 0.5) is 0 Å². The van der Waals surface area contributed by atoms with E-state index in [2.05, 4.69) is 17.2 Å². The fourth-order valence-electron chi connectivity index (χ4n) is 5.94. The molecular weight excluding hydrogens is 468 g/mol. The average molecular weight is 503 g/mol. The molecule has 1 aromatic heterocycles. The molecule has 9 nitrogen and oxygen atoms in total. The first kappa shape index (κ1) is 24.2. The Labute approximate surface area is 205 Å². The fourth-order valence-corrected chi connectivity index (χ4v) is 7.40. The third kappa shape index (κ3) is 4.46. The van der Waals surface area contributed by atoms with Crippen LogP contribution < -0.4 is 11.1 Å². The lowest BCUT2D eigenvalue weighted by Gasteiger charge is -2.34. The van der Waals surface area contributed by atoms with Crippen molar-refractivity contribution in [2.45, 2.75) is 71.3 Å². The highest BCUT2D eigenvalue weighted by Crippen LogP contribution is 2.36. The number of amides is 1. The van der Waals surface area contributed by atoms with Gasteiger partial charge in [-0.2, -0.15) is 0 Å². The summed E-state index contributed by atoms with van der Waals surface area (Å²) in [5.41, 5.74) is 2.85. The molecule has 2 fully saturated rings. The number of hydrogen-bond donors (Lipinski definition) is 2. The third-order valence-corrected chi connectivity index (χ3v) is 10.1. The number of hydrogen-bond acceptors (Lipinski definition) is 6. The van der Waals surface area contributed by atoms with Crippen LogP contribution in [0.25, 0.3) is 11.1 Å². The van der Waals surface area contributed by atoms with Gasteiger partial charge < -0.3 is 9.73 Å². The number of rotatable bonds is 5. The van der Waals surface area contributed by atoms with Gasteiger partial charge in [0.2, 0.25) is 10.0 Å². The highest BCUT2D eigenvalue weighted by molar-refractivity contribution is 7.89. The second-order valence-corrected chi connectivity index (χ2v) is 12.7. The van der Waals surface area contributed by atoms with E-state index < -0.39 is 21.3 Å². The molecule has 0 unspecified atom stereocenters. The second-order valence-electron chi connectivity index (χ2n) is 10.6. The molecule has 1 amide bonds. The lowest BCUT2D eigenvalue weighted by molar-refractivity contribution is -0.125. The highest BCUT2D eigenvalue weighted by Gasteiger charge is 2.48. The molecule has 2 aliphatic heterocycles. The van der Waals surface area contributed by atoms with Gasteiger partial charge >= 0.3 is 5.76 Å². The summed E-state index contributed by atoms with van der Waals surface area (Å²) in [5.74, 6) is 1.22. The molecule has 1 saturated carbocycles. The number of carbonyl (C=O) groups is 1. The zero-order chi connectivity index (χ0) is 25.0. The van der Waals surface area contributed by atoms with Crippen LogP contribution in [-0.2, 0) is 21.2 Å². The number of fused-ring (bicyclic) bond motifs is 1. The van der Waals surface area contributed by atoms with Crippen molar-refractivity contribution in [1.82, 2.24) is 14.6 Å². The summed E-state index contributed by atoms with van der Waals surface area (Å²) in [6.45, 7) is 6.60. The van der Waals surface area contributed by atoms with Crippen molar-refractivity contribution in [3.63, 3.8) is 0 Å². The Balaban J connectivity index is 1.25. The van der Waals surface area contributed by atoms with Crippen molar-refractivity contribution in [3.05, 3.63) is 33.3 Å². The van der Waals surface area contributed by atoms with Gasteiger partial charge in [0, 0.05) is 19.0 Å². The molecular formula is C25H34N4O5S. The normalized spacial score (nSPS) is 25.2. The summed E-state index contributed by atoms with van der Waals surface area (Å²) in [4.78, 5) is 32.0. The first-order valence-corrected chi connectivity index (χ1v) is 14.2. The van der Waals surface area contributed by atoms with Crippen LogP contribution in [0.15, 0.2) is 20.3 Å². The van der Waals surface area contributed by atoms with Crippen molar-refractivity contribution in [1.29, 1.82) is 0 Å². The Kier molecular flexibility index (Phi) is 6.15. The first-order chi connectivity index (χ1) is 16.6. The number of aromatic amines is 1. The number of oxazole rings is 1. The largest absolute Gasteiger partial charge is 0.417 e. The molecule has 2 N–H and O–H groups in total. The number of aliphatic imine (C=N–C) groups is 1. The molecule has 0 radical (unpaired) electrons. The molecule has 1 saturated heterocycles. The van der Waals surface area contributed by atoms with E-state index in [-0.39, 0.29) is 24.7 Å². The molecule has 3 heterocycles. The minimum atomic E-state index is -3.51. The van der Waals surface area contributed by atoms with E-state index in [1.165, 1.54) is 4.31 Å².